The first-order chi connectivity index (χ1) is 10.2. The lowest BCUT2D eigenvalue weighted by molar-refractivity contribution is 0.422. The molecule has 0 spiro atoms. The van der Waals surface area contributed by atoms with Crippen LogP contribution in [0.15, 0.2) is 11.6 Å². The van der Waals surface area contributed by atoms with Crippen LogP contribution in [0.5, 0.6) is 0 Å². The predicted octanol–water partition coefficient (Wildman–Crippen LogP) is 3.38. The SMILES string of the molecule is CCCNCc1c(N2CCC(C(C)C)C2)nc2sccn12. The molecule has 0 bridgehead atoms. The number of anilines is 1. The molecular formula is C16H26N4S. The van der Waals surface area contributed by atoms with Crippen molar-refractivity contribution in [3.8, 4) is 0 Å². The fourth-order valence-corrected chi connectivity index (χ4v) is 3.87. The van der Waals surface area contributed by atoms with Gasteiger partial charge in [-0.05, 0) is 31.2 Å². The molecule has 1 N–H and O–H groups in total. The van der Waals surface area contributed by atoms with Crippen LogP contribution < -0.4 is 10.2 Å². The van der Waals surface area contributed by atoms with Gasteiger partial charge in [0.25, 0.3) is 0 Å². The zero-order chi connectivity index (χ0) is 14.8. The number of hydrogen-bond donors (Lipinski definition) is 1. The molecule has 1 fully saturated rings. The molecule has 2 aromatic rings. The summed E-state index contributed by atoms with van der Waals surface area (Å²) < 4.78 is 2.26. The van der Waals surface area contributed by atoms with E-state index in [0.29, 0.717) is 0 Å². The van der Waals surface area contributed by atoms with E-state index in [4.69, 9.17) is 4.98 Å². The van der Waals surface area contributed by atoms with Gasteiger partial charge in [0, 0.05) is 31.2 Å². The second-order valence-corrected chi connectivity index (χ2v) is 7.23. The highest BCUT2D eigenvalue weighted by Gasteiger charge is 2.28. The second kappa shape index (κ2) is 6.36. The standard InChI is InChI=1S/C16H26N4S/c1-4-6-17-10-14-15(18-16-20(14)8-9-21-16)19-7-5-13(11-19)12(2)3/h8-9,12-13,17H,4-7,10-11H2,1-3H3. The summed E-state index contributed by atoms with van der Waals surface area (Å²) in [5.74, 6) is 2.77. The van der Waals surface area contributed by atoms with Gasteiger partial charge in [0.15, 0.2) is 10.8 Å². The molecule has 4 nitrogen and oxygen atoms in total. The number of thiazole rings is 1. The van der Waals surface area contributed by atoms with E-state index in [9.17, 15) is 0 Å². The Bertz CT molecular complexity index is 586. The molecule has 1 unspecified atom stereocenters. The third-order valence-electron chi connectivity index (χ3n) is 4.53. The summed E-state index contributed by atoms with van der Waals surface area (Å²) in [6.07, 6.45) is 4.61. The lowest BCUT2D eigenvalue weighted by Crippen LogP contribution is -2.24. The lowest BCUT2D eigenvalue weighted by atomic mass is 9.95. The molecule has 1 saturated heterocycles. The summed E-state index contributed by atoms with van der Waals surface area (Å²) in [5, 5.41) is 5.66. The van der Waals surface area contributed by atoms with Gasteiger partial charge in [-0.15, -0.1) is 11.3 Å². The summed E-state index contributed by atoms with van der Waals surface area (Å²) >= 11 is 1.72. The van der Waals surface area contributed by atoms with Crippen molar-refractivity contribution in [1.82, 2.24) is 14.7 Å². The van der Waals surface area contributed by atoms with E-state index in [-0.39, 0.29) is 0 Å². The van der Waals surface area contributed by atoms with Crippen LogP contribution in [-0.2, 0) is 6.54 Å². The maximum Gasteiger partial charge on any atom is 0.195 e. The van der Waals surface area contributed by atoms with Gasteiger partial charge in [-0.25, -0.2) is 4.98 Å². The van der Waals surface area contributed by atoms with Gasteiger partial charge in [0.2, 0.25) is 0 Å². The minimum atomic E-state index is 0.764. The van der Waals surface area contributed by atoms with Gasteiger partial charge < -0.3 is 10.2 Å². The number of nitrogens with one attached hydrogen (secondary N) is 1. The van der Waals surface area contributed by atoms with Gasteiger partial charge in [-0.1, -0.05) is 20.8 Å². The van der Waals surface area contributed by atoms with Crippen molar-refractivity contribution >= 4 is 22.1 Å². The minimum absolute atomic E-state index is 0.764. The van der Waals surface area contributed by atoms with E-state index in [1.54, 1.807) is 11.3 Å². The van der Waals surface area contributed by atoms with Crippen molar-refractivity contribution in [2.24, 2.45) is 11.8 Å². The number of nitrogens with zero attached hydrogens (tertiary/aromatic N) is 3. The number of rotatable bonds is 6. The summed E-state index contributed by atoms with van der Waals surface area (Å²) in [6, 6.07) is 0. The van der Waals surface area contributed by atoms with E-state index < -0.39 is 0 Å². The predicted molar refractivity (Wildman–Crippen MR) is 90.2 cm³/mol. The Morgan fingerprint density at radius 3 is 3.05 bits per heavy atom. The Balaban J connectivity index is 1.83. The van der Waals surface area contributed by atoms with Crippen molar-refractivity contribution in [2.75, 3.05) is 24.5 Å². The van der Waals surface area contributed by atoms with Gasteiger partial charge in [-0.2, -0.15) is 0 Å². The number of hydrogen-bond acceptors (Lipinski definition) is 4. The average Bonchev–Trinajstić information content (AvgIpc) is 3.13. The molecule has 3 heterocycles. The first kappa shape index (κ1) is 14.9. The Morgan fingerprint density at radius 1 is 1.48 bits per heavy atom. The molecule has 0 amide bonds. The molecule has 0 aliphatic carbocycles. The van der Waals surface area contributed by atoms with E-state index >= 15 is 0 Å². The maximum absolute atomic E-state index is 4.89. The summed E-state index contributed by atoms with van der Waals surface area (Å²) in [7, 11) is 0. The third-order valence-corrected chi connectivity index (χ3v) is 5.28. The molecule has 2 aromatic heterocycles. The van der Waals surface area contributed by atoms with Crippen LogP contribution in [0.1, 0.15) is 39.3 Å². The van der Waals surface area contributed by atoms with Gasteiger partial charge >= 0.3 is 0 Å². The summed E-state index contributed by atoms with van der Waals surface area (Å²) in [6.45, 7) is 11.2. The molecule has 1 atom stereocenters. The lowest BCUT2D eigenvalue weighted by Gasteiger charge is -2.19. The van der Waals surface area contributed by atoms with Gasteiger partial charge in [-0.3, -0.25) is 4.40 Å². The molecule has 0 radical (unpaired) electrons. The molecule has 5 heteroatoms. The Hall–Kier alpha value is -1.07. The molecule has 116 valence electrons. The molecule has 0 saturated carbocycles. The Morgan fingerprint density at radius 2 is 2.33 bits per heavy atom. The molecule has 1 aliphatic heterocycles. The van der Waals surface area contributed by atoms with Crippen LogP contribution >= 0.6 is 11.3 Å². The van der Waals surface area contributed by atoms with Crippen LogP contribution in [0.25, 0.3) is 4.96 Å². The average molecular weight is 306 g/mol. The first-order valence-electron chi connectivity index (χ1n) is 8.10. The van der Waals surface area contributed by atoms with Crippen LogP contribution in [-0.4, -0.2) is 29.0 Å². The van der Waals surface area contributed by atoms with Gasteiger partial charge in [0.1, 0.15) is 0 Å². The first-order valence-corrected chi connectivity index (χ1v) is 8.98. The normalized spacial score (nSPS) is 19.2. The van der Waals surface area contributed by atoms with Crippen molar-refractivity contribution in [1.29, 1.82) is 0 Å². The number of aromatic nitrogens is 2. The zero-order valence-electron chi connectivity index (χ0n) is 13.3. The van der Waals surface area contributed by atoms with Crippen molar-refractivity contribution in [2.45, 2.75) is 40.2 Å². The van der Waals surface area contributed by atoms with Crippen LogP contribution in [0.3, 0.4) is 0 Å². The molecule has 1 aliphatic rings. The highest BCUT2D eigenvalue weighted by Crippen LogP contribution is 2.31. The molecule has 21 heavy (non-hydrogen) atoms. The highest BCUT2D eigenvalue weighted by molar-refractivity contribution is 7.15. The highest BCUT2D eigenvalue weighted by atomic mass is 32.1. The van der Waals surface area contributed by atoms with E-state index in [1.165, 1.54) is 24.4 Å². The third kappa shape index (κ3) is 2.94. The second-order valence-electron chi connectivity index (χ2n) is 6.35. The smallest absolute Gasteiger partial charge is 0.195 e. The van der Waals surface area contributed by atoms with E-state index in [2.05, 4.69) is 47.0 Å². The van der Waals surface area contributed by atoms with Crippen LogP contribution in [0.4, 0.5) is 5.82 Å². The zero-order valence-corrected chi connectivity index (χ0v) is 14.1. The Labute approximate surface area is 131 Å². The largest absolute Gasteiger partial charge is 0.355 e. The number of imidazole rings is 1. The van der Waals surface area contributed by atoms with E-state index in [0.717, 1.165) is 43.0 Å². The van der Waals surface area contributed by atoms with Gasteiger partial charge in [0.05, 0.1) is 5.69 Å². The van der Waals surface area contributed by atoms with Crippen molar-refractivity contribution < 1.29 is 0 Å². The quantitative estimate of drug-likeness (QED) is 0.831. The fourth-order valence-electron chi connectivity index (χ4n) is 3.15. The summed E-state index contributed by atoms with van der Waals surface area (Å²) in [4.78, 5) is 8.50. The van der Waals surface area contributed by atoms with Crippen molar-refractivity contribution in [3.05, 3.63) is 17.3 Å². The molecular weight excluding hydrogens is 280 g/mol. The summed E-state index contributed by atoms with van der Waals surface area (Å²) in [5.41, 5.74) is 1.32. The Kier molecular flexibility index (Phi) is 4.50. The van der Waals surface area contributed by atoms with Crippen LogP contribution in [0, 0.1) is 11.8 Å². The number of fused-ring (bicyclic) bond motifs is 1. The molecule has 0 aromatic carbocycles. The monoisotopic (exact) mass is 306 g/mol. The van der Waals surface area contributed by atoms with Crippen LogP contribution in [0.2, 0.25) is 0 Å². The van der Waals surface area contributed by atoms with E-state index in [1.807, 2.05) is 0 Å². The van der Waals surface area contributed by atoms with Crippen molar-refractivity contribution in [3.63, 3.8) is 0 Å². The fraction of sp³-hybridized carbons (Fsp3) is 0.688. The molecule has 3 rings (SSSR count). The maximum atomic E-state index is 4.89. The topological polar surface area (TPSA) is 32.6 Å². The minimum Gasteiger partial charge on any atom is -0.355 e.